The lowest BCUT2D eigenvalue weighted by atomic mass is 10.1. The van der Waals surface area contributed by atoms with Crippen molar-refractivity contribution in [3.63, 3.8) is 0 Å². The standard InChI is InChI=1S/C19H19ClN4OS/c1-2-10-25-17-9-8-15(11-16(17)20)13-21-24-18(22-23-19(24)26)12-14-6-4-3-5-7-14/h3-9,11,13H,2,10,12H2,1H3,(H,23,26)/b21-13-. The minimum atomic E-state index is 0.446. The first kappa shape index (κ1) is 18.4. The summed E-state index contributed by atoms with van der Waals surface area (Å²) < 4.78 is 7.65. The molecule has 7 heteroatoms. The highest BCUT2D eigenvalue weighted by atomic mass is 35.5. The maximum Gasteiger partial charge on any atom is 0.216 e. The molecule has 1 N–H and O–H groups in total. The number of benzene rings is 2. The van der Waals surface area contributed by atoms with Crippen molar-refractivity contribution in [1.29, 1.82) is 0 Å². The van der Waals surface area contributed by atoms with E-state index in [0.29, 0.717) is 28.6 Å². The maximum atomic E-state index is 6.26. The first-order valence-electron chi connectivity index (χ1n) is 8.34. The quantitative estimate of drug-likeness (QED) is 0.466. The van der Waals surface area contributed by atoms with Crippen LogP contribution in [0.1, 0.15) is 30.3 Å². The average Bonchev–Trinajstić information content (AvgIpc) is 2.99. The predicted molar refractivity (Wildman–Crippen MR) is 107 cm³/mol. The Kier molecular flexibility index (Phi) is 6.20. The van der Waals surface area contributed by atoms with E-state index in [1.54, 1.807) is 10.9 Å². The maximum absolute atomic E-state index is 6.26. The fourth-order valence-corrected chi connectivity index (χ4v) is 2.83. The highest BCUT2D eigenvalue weighted by Gasteiger charge is 2.06. The van der Waals surface area contributed by atoms with Crippen LogP contribution in [-0.4, -0.2) is 27.7 Å². The molecule has 0 bridgehead atoms. The molecular weight excluding hydrogens is 368 g/mol. The van der Waals surface area contributed by atoms with Crippen molar-refractivity contribution in [2.75, 3.05) is 6.61 Å². The lowest BCUT2D eigenvalue weighted by Gasteiger charge is -2.07. The molecule has 0 aliphatic heterocycles. The van der Waals surface area contributed by atoms with Crippen LogP contribution < -0.4 is 4.74 Å². The van der Waals surface area contributed by atoms with Gasteiger partial charge in [0.05, 0.1) is 17.8 Å². The summed E-state index contributed by atoms with van der Waals surface area (Å²) in [4.78, 5) is 0. The van der Waals surface area contributed by atoms with Crippen LogP contribution in [0.2, 0.25) is 5.02 Å². The van der Waals surface area contributed by atoms with Crippen LogP contribution in [0.5, 0.6) is 5.75 Å². The van der Waals surface area contributed by atoms with Gasteiger partial charge in [-0.1, -0.05) is 48.9 Å². The van der Waals surface area contributed by atoms with Crippen molar-refractivity contribution >= 4 is 30.0 Å². The molecule has 0 unspecified atom stereocenters. The molecule has 134 valence electrons. The minimum Gasteiger partial charge on any atom is -0.492 e. The van der Waals surface area contributed by atoms with Gasteiger partial charge in [0.15, 0.2) is 5.82 Å². The van der Waals surface area contributed by atoms with E-state index in [1.165, 1.54) is 0 Å². The van der Waals surface area contributed by atoms with Gasteiger partial charge in [-0.25, -0.2) is 0 Å². The second kappa shape index (κ2) is 8.78. The van der Waals surface area contributed by atoms with Gasteiger partial charge >= 0.3 is 0 Å². The van der Waals surface area contributed by atoms with Crippen LogP contribution in [0.3, 0.4) is 0 Å². The Bertz CT molecular complexity index is 950. The van der Waals surface area contributed by atoms with Crippen molar-refractivity contribution in [2.24, 2.45) is 5.10 Å². The third-order valence-corrected chi connectivity index (χ3v) is 4.22. The van der Waals surface area contributed by atoms with Crippen LogP contribution in [0.4, 0.5) is 0 Å². The zero-order chi connectivity index (χ0) is 18.4. The first-order valence-corrected chi connectivity index (χ1v) is 9.13. The van der Waals surface area contributed by atoms with Gasteiger partial charge in [0.25, 0.3) is 0 Å². The van der Waals surface area contributed by atoms with Gasteiger partial charge in [-0.2, -0.15) is 14.9 Å². The summed E-state index contributed by atoms with van der Waals surface area (Å²) >= 11 is 11.5. The molecule has 0 fully saturated rings. The van der Waals surface area contributed by atoms with Crippen molar-refractivity contribution in [2.45, 2.75) is 19.8 Å². The van der Waals surface area contributed by atoms with Crippen molar-refractivity contribution < 1.29 is 4.74 Å². The highest BCUT2D eigenvalue weighted by Crippen LogP contribution is 2.25. The third kappa shape index (κ3) is 4.59. The number of halogens is 1. The minimum absolute atomic E-state index is 0.446. The Morgan fingerprint density at radius 2 is 2.08 bits per heavy atom. The summed E-state index contributed by atoms with van der Waals surface area (Å²) in [5.41, 5.74) is 1.99. The molecule has 0 saturated heterocycles. The van der Waals surface area contributed by atoms with Gasteiger partial charge in [0, 0.05) is 6.42 Å². The number of hydrogen-bond acceptors (Lipinski definition) is 4. The van der Waals surface area contributed by atoms with E-state index in [1.807, 2.05) is 48.5 Å². The molecular formula is C19H19ClN4OS. The predicted octanol–water partition coefficient (Wildman–Crippen LogP) is 4.86. The lowest BCUT2D eigenvalue weighted by Crippen LogP contribution is -2.00. The molecule has 0 spiro atoms. The van der Waals surface area contributed by atoms with Crippen LogP contribution >= 0.6 is 23.8 Å². The second-order valence-corrected chi connectivity index (χ2v) is 6.50. The smallest absolute Gasteiger partial charge is 0.216 e. The summed E-state index contributed by atoms with van der Waals surface area (Å²) in [6.45, 7) is 2.69. The lowest BCUT2D eigenvalue weighted by molar-refractivity contribution is 0.317. The first-order chi connectivity index (χ1) is 12.7. The molecule has 3 rings (SSSR count). The molecule has 0 aliphatic carbocycles. The summed E-state index contributed by atoms with van der Waals surface area (Å²) in [6, 6.07) is 15.6. The molecule has 1 aromatic heterocycles. The third-order valence-electron chi connectivity index (χ3n) is 3.66. The zero-order valence-corrected chi connectivity index (χ0v) is 15.9. The average molecular weight is 387 g/mol. The number of H-pyrrole nitrogens is 1. The number of rotatable bonds is 7. The van der Waals surface area contributed by atoms with Gasteiger partial charge < -0.3 is 4.74 Å². The zero-order valence-electron chi connectivity index (χ0n) is 14.4. The number of nitrogens with zero attached hydrogens (tertiary/aromatic N) is 3. The molecule has 0 aliphatic rings. The molecule has 0 saturated carbocycles. The van der Waals surface area contributed by atoms with Crippen molar-refractivity contribution in [3.8, 4) is 5.75 Å². The van der Waals surface area contributed by atoms with Crippen LogP contribution in [0.15, 0.2) is 53.6 Å². The summed E-state index contributed by atoms with van der Waals surface area (Å²) in [7, 11) is 0. The Labute approximate surface area is 162 Å². The molecule has 26 heavy (non-hydrogen) atoms. The number of ether oxygens (including phenoxy) is 1. The largest absolute Gasteiger partial charge is 0.492 e. The van der Waals surface area contributed by atoms with E-state index in [0.717, 1.165) is 23.4 Å². The monoisotopic (exact) mass is 386 g/mol. The Hall–Kier alpha value is -2.44. The summed E-state index contributed by atoms with van der Waals surface area (Å²) in [5.74, 6) is 1.42. The van der Waals surface area contributed by atoms with Gasteiger partial charge in [-0.15, -0.1) is 0 Å². The number of aromatic nitrogens is 3. The molecule has 0 amide bonds. The second-order valence-electron chi connectivity index (χ2n) is 5.70. The molecule has 1 heterocycles. The number of aromatic amines is 1. The SMILES string of the molecule is CCCOc1ccc(/C=N\n2c(Cc3ccccc3)n[nH]c2=S)cc1Cl. The molecule has 3 aromatic rings. The normalized spacial score (nSPS) is 11.2. The van der Waals surface area contributed by atoms with E-state index >= 15 is 0 Å². The molecule has 0 atom stereocenters. The molecule has 0 radical (unpaired) electrons. The van der Waals surface area contributed by atoms with Crippen LogP contribution in [0, 0.1) is 4.77 Å². The van der Waals surface area contributed by atoms with Crippen LogP contribution in [0.25, 0.3) is 0 Å². The Morgan fingerprint density at radius 1 is 1.27 bits per heavy atom. The number of hydrogen-bond donors (Lipinski definition) is 1. The van der Waals surface area contributed by atoms with Gasteiger partial charge in [-0.3, -0.25) is 5.10 Å². The van der Waals surface area contributed by atoms with Gasteiger partial charge in [0.1, 0.15) is 5.75 Å². The molecule has 5 nitrogen and oxygen atoms in total. The summed E-state index contributed by atoms with van der Waals surface area (Å²) in [5, 5.41) is 12.1. The van der Waals surface area contributed by atoms with E-state index in [-0.39, 0.29) is 0 Å². The fourth-order valence-electron chi connectivity index (χ4n) is 2.39. The summed E-state index contributed by atoms with van der Waals surface area (Å²) in [6.07, 6.45) is 3.27. The van der Waals surface area contributed by atoms with E-state index in [4.69, 9.17) is 28.6 Å². The molecule has 2 aromatic carbocycles. The van der Waals surface area contributed by atoms with E-state index < -0.39 is 0 Å². The topological polar surface area (TPSA) is 55.2 Å². The van der Waals surface area contributed by atoms with E-state index in [9.17, 15) is 0 Å². The fraction of sp³-hybridized carbons (Fsp3) is 0.211. The van der Waals surface area contributed by atoms with Crippen molar-refractivity contribution in [3.05, 3.63) is 75.3 Å². The Balaban J connectivity index is 1.79. The van der Waals surface area contributed by atoms with Crippen LogP contribution in [-0.2, 0) is 6.42 Å². The Morgan fingerprint density at radius 3 is 2.81 bits per heavy atom. The number of nitrogens with one attached hydrogen (secondary N) is 1. The highest BCUT2D eigenvalue weighted by molar-refractivity contribution is 7.71. The van der Waals surface area contributed by atoms with Gasteiger partial charge in [0.2, 0.25) is 4.77 Å². The van der Waals surface area contributed by atoms with Crippen molar-refractivity contribution in [1.82, 2.24) is 14.9 Å². The van der Waals surface area contributed by atoms with E-state index in [2.05, 4.69) is 22.2 Å². The van der Waals surface area contributed by atoms with Gasteiger partial charge in [-0.05, 0) is 48.0 Å².